The predicted molar refractivity (Wildman–Crippen MR) is 65.7 cm³/mol. The van der Waals surface area contributed by atoms with Crippen molar-refractivity contribution in [2.24, 2.45) is 0 Å². The summed E-state index contributed by atoms with van der Waals surface area (Å²) >= 11 is 3.27. The molecule has 0 aromatic heterocycles. The van der Waals surface area contributed by atoms with Gasteiger partial charge in [0, 0.05) is 32.2 Å². The standard InChI is InChI=1S/C11H14BrFN2O/c1-16-11-7-10(9(13)6-8(11)12)15-4-2-14-3-5-15/h6-7,14H,2-5H2,1H3. The Morgan fingerprint density at radius 3 is 2.69 bits per heavy atom. The van der Waals surface area contributed by atoms with Crippen molar-refractivity contribution in [2.75, 3.05) is 38.2 Å². The molecule has 1 aromatic carbocycles. The lowest BCUT2D eigenvalue weighted by molar-refractivity contribution is 0.410. The highest BCUT2D eigenvalue weighted by molar-refractivity contribution is 9.10. The summed E-state index contributed by atoms with van der Waals surface area (Å²) in [6.45, 7) is 3.42. The Morgan fingerprint density at radius 2 is 2.06 bits per heavy atom. The molecule has 1 saturated heterocycles. The molecule has 16 heavy (non-hydrogen) atoms. The van der Waals surface area contributed by atoms with Gasteiger partial charge in [-0.05, 0) is 22.0 Å². The van der Waals surface area contributed by atoms with Crippen molar-refractivity contribution in [3.8, 4) is 5.75 Å². The van der Waals surface area contributed by atoms with Crippen molar-refractivity contribution < 1.29 is 9.13 Å². The number of hydrogen-bond acceptors (Lipinski definition) is 3. The van der Waals surface area contributed by atoms with Crippen molar-refractivity contribution in [1.82, 2.24) is 5.32 Å². The topological polar surface area (TPSA) is 24.5 Å². The van der Waals surface area contributed by atoms with E-state index >= 15 is 0 Å². The normalized spacial score (nSPS) is 16.3. The SMILES string of the molecule is COc1cc(N2CCNCC2)c(F)cc1Br. The molecule has 0 radical (unpaired) electrons. The predicted octanol–water partition coefficient (Wildman–Crippen LogP) is 2.01. The molecule has 2 rings (SSSR count). The maximum Gasteiger partial charge on any atom is 0.147 e. The highest BCUT2D eigenvalue weighted by Gasteiger charge is 2.16. The summed E-state index contributed by atoms with van der Waals surface area (Å²) in [6, 6.07) is 3.20. The number of methoxy groups -OCH3 is 1. The smallest absolute Gasteiger partial charge is 0.147 e. The third kappa shape index (κ3) is 2.30. The number of nitrogens with one attached hydrogen (secondary N) is 1. The lowest BCUT2D eigenvalue weighted by Crippen LogP contribution is -2.43. The molecule has 1 heterocycles. The molecule has 0 unspecified atom stereocenters. The van der Waals surface area contributed by atoms with Crippen LogP contribution in [-0.2, 0) is 0 Å². The van der Waals surface area contributed by atoms with E-state index in [1.807, 2.05) is 4.90 Å². The maximum atomic E-state index is 13.8. The highest BCUT2D eigenvalue weighted by atomic mass is 79.9. The van der Waals surface area contributed by atoms with E-state index in [9.17, 15) is 4.39 Å². The van der Waals surface area contributed by atoms with Crippen LogP contribution in [0.5, 0.6) is 5.75 Å². The van der Waals surface area contributed by atoms with E-state index in [-0.39, 0.29) is 5.82 Å². The van der Waals surface area contributed by atoms with E-state index in [1.54, 1.807) is 13.2 Å². The Hall–Kier alpha value is -0.810. The molecule has 1 fully saturated rings. The summed E-state index contributed by atoms with van der Waals surface area (Å²) in [5, 5.41) is 3.24. The van der Waals surface area contributed by atoms with Crippen LogP contribution in [0.2, 0.25) is 0 Å². The van der Waals surface area contributed by atoms with Gasteiger partial charge in [0.1, 0.15) is 11.6 Å². The number of hydrogen-bond donors (Lipinski definition) is 1. The zero-order valence-electron chi connectivity index (χ0n) is 9.09. The van der Waals surface area contributed by atoms with Crippen LogP contribution in [0.4, 0.5) is 10.1 Å². The minimum atomic E-state index is -0.213. The summed E-state index contributed by atoms with van der Waals surface area (Å²) in [6.07, 6.45) is 0. The van der Waals surface area contributed by atoms with Gasteiger partial charge in [0.05, 0.1) is 17.3 Å². The third-order valence-electron chi connectivity index (χ3n) is 2.68. The molecule has 5 heteroatoms. The Morgan fingerprint density at radius 1 is 1.38 bits per heavy atom. The van der Waals surface area contributed by atoms with Crippen LogP contribution in [0.15, 0.2) is 16.6 Å². The van der Waals surface area contributed by atoms with Crippen molar-refractivity contribution in [3.63, 3.8) is 0 Å². The fourth-order valence-corrected chi connectivity index (χ4v) is 2.30. The van der Waals surface area contributed by atoms with Crippen LogP contribution in [0, 0.1) is 5.82 Å². The van der Waals surface area contributed by atoms with Crippen LogP contribution in [-0.4, -0.2) is 33.3 Å². The van der Waals surface area contributed by atoms with Gasteiger partial charge in [-0.1, -0.05) is 0 Å². The monoisotopic (exact) mass is 288 g/mol. The maximum absolute atomic E-state index is 13.8. The van der Waals surface area contributed by atoms with Gasteiger partial charge >= 0.3 is 0 Å². The van der Waals surface area contributed by atoms with Crippen molar-refractivity contribution in [1.29, 1.82) is 0 Å². The van der Waals surface area contributed by atoms with E-state index in [0.29, 0.717) is 15.9 Å². The number of anilines is 1. The molecule has 88 valence electrons. The first-order valence-electron chi connectivity index (χ1n) is 5.21. The summed E-state index contributed by atoms with van der Waals surface area (Å²) in [7, 11) is 1.58. The van der Waals surface area contributed by atoms with E-state index < -0.39 is 0 Å². The second-order valence-corrected chi connectivity index (χ2v) is 4.53. The zero-order valence-corrected chi connectivity index (χ0v) is 10.7. The number of nitrogens with zero attached hydrogens (tertiary/aromatic N) is 1. The van der Waals surface area contributed by atoms with Gasteiger partial charge < -0.3 is 15.0 Å². The van der Waals surface area contributed by atoms with Crippen LogP contribution >= 0.6 is 15.9 Å². The van der Waals surface area contributed by atoms with Crippen molar-refractivity contribution >= 4 is 21.6 Å². The van der Waals surface area contributed by atoms with Crippen LogP contribution in [0.1, 0.15) is 0 Å². The van der Waals surface area contributed by atoms with Gasteiger partial charge in [-0.15, -0.1) is 0 Å². The fraction of sp³-hybridized carbons (Fsp3) is 0.455. The lowest BCUT2D eigenvalue weighted by atomic mass is 10.2. The summed E-state index contributed by atoms with van der Waals surface area (Å²) in [5.74, 6) is 0.449. The van der Waals surface area contributed by atoms with Gasteiger partial charge in [-0.25, -0.2) is 4.39 Å². The molecule has 0 saturated carbocycles. The highest BCUT2D eigenvalue weighted by Crippen LogP contribution is 2.32. The largest absolute Gasteiger partial charge is 0.495 e. The molecule has 0 bridgehead atoms. The third-order valence-corrected chi connectivity index (χ3v) is 3.30. The van der Waals surface area contributed by atoms with Gasteiger partial charge in [0.2, 0.25) is 0 Å². The number of ether oxygens (including phenoxy) is 1. The molecule has 0 atom stereocenters. The summed E-state index contributed by atoms with van der Waals surface area (Å²) in [4.78, 5) is 2.03. The average Bonchev–Trinajstić information content (AvgIpc) is 2.30. The number of piperazine rings is 1. The molecule has 3 nitrogen and oxygen atoms in total. The molecular weight excluding hydrogens is 275 g/mol. The first-order chi connectivity index (χ1) is 7.72. The van der Waals surface area contributed by atoms with Crippen LogP contribution in [0.3, 0.4) is 0 Å². The molecular formula is C11H14BrFN2O. The second-order valence-electron chi connectivity index (χ2n) is 3.68. The molecule has 1 aliphatic heterocycles. The van der Waals surface area contributed by atoms with Gasteiger partial charge in [-0.3, -0.25) is 0 Å². The van der Waals surface area contributed by atoms with Crippen LogP contribution in [0.25, 0.3) is 0 Å². The quantitative estimate of drug-likeness (QED) is 0.901. The van der Waals surface area contributed by atoms with E-state index in [2.05, 4.69) is 21.2 Å². The van der Waals surface area contributed by atoms with E-state index in [1.165, 1.54) is 6.07 Å². The second kappa shape index (κ2) is 5.01. The molecule has 1 aromatic rings. The first kappa shape index (κ1) is 11.7. The van der Waals surface area contributed by atoms with Crippen molar-refractivity contribution in [3.05, 3.63) is 22.4 Å². The zero-order chi connectivity index (χ0) is 11.5. The van der Waals surface area contributed by atoms with Gasteiger partial charge in [0.25, 0.3) is 0 Å². The minimum Gasteiger partial charge on any atom is -0.495 e. The first-order valence-corrected chi connectivity index (χ1v) is 6.00. The molecule has 1 N–H and O–H groups in total. The Balaban J connectivity index is 2.31. The Bertz CT molecular complexity index is 380. The Labute approximate surface area is 103 Å². The average molecular weight is 289 g/mol. The summed E-state index contributed by atoms with van der Waals surface area (Å²) < 4.78 is 19.6. The van der Waals surface area contributed by atoms with Crippen molar-refractivity contribution in [2.45, 2.75) is 0 Å². The minimum absolute atomic E-state index is 0.213. The van der Waals surface area contributed by atoms with E-state index in [0.717, 1.165) is 26.2 Å². The fourth-order valence-electron chi connectivity index (χ4n) is 1.82. The molecule has 0 aliphatic carbocycles. The van der Waals surface area contributed by atoms with Crippen LogP contribution < -0.4 is 15.0 Å². The lowest BCUT2D eigenvalue weighted by Gasteiger charge is -2.30. The number of halogens is 2. The van der Waals surface area contributed by atoms with Gasteiger partial charge in [-0.2, -0.15) is 0 Å². The number of benzene rings is 1. The number of rotatable bonds is 2. The Kier molecular flexibility index (Phi) is 3.66. The summed E-state index contributed by atoms with van der Waals surface area (Å²) in [5.41, 5.74) is 0.613. The molecule has 0 amide bonds. The molecule has 1 aliphatic rings. The van der Waals surface area contributed by atoms with E-state index in [4.69, 9.17) is 4.74 Å². The molecule has 0 spiro atoms. The van der Waals surface area contributed by atoms with Gasteiger partial charge in [0.15, 0.2) is 0 Å².